The molecule has 8 heteroatoms. The third-order valence-corrected chi connectivity index (χ3v) is 10.8. The van der Waals surface area contributed by atoms with Gasteiger partial charge in [-0.05, 0) is 123 Å². The number of carbonyl (C=O) groups is 2. The van der Waals surface area contributed by atoms with Gasteiger partial charge in [0.1, 0.15) is 17.7 Å². The van der Waals surface area contributed by atoms with Gasteiger partial charge in [0.15, 0.2) is 0 Å². The minimum absolute atomic E-state index is 0.0642. The van der Waals surface area contributed by atoms with Crippen LogP contribution in [0.4, 0.5) is 14.5 Å². The number of amides is 1. The van der Waals surface area contributed by atoms with Gasteiger partial charge in [-0.2, -0.15) is 8.78 Å². The number of alkyl halides is 2. The normalized spacial score (nSPS) is 17.1. The standard InChI is InChI=1S/C20H30F2N2O2.C19H25N.C6H12O.C4H10/c1-5-12-20(13-11-14(3)6-2)18(25)23-17(24-20)15-9-7-8-10-16(15)26-19(4,21)22;1-6-12(2)17-10-14(4)19(15(5)11-17)16-7-8-18(20)13(3)9-16;1-3-4-5-6(2)7;1-3-4-2/h7-10,14,17,24H,5-6,11-13H2,1-4H3,(H,23,25);7-12H,6,20H2,1-5H3;3-5H2,1-2H3;3-4H2,1-2H3. The minimum Gasteiger partial charge on any atom is -0.432 e. The molecule has 6 nitrogen and oxygen atoms in total. The average Bonchev–Trinajstić information content (AvgIpc) is 3.48. The molecule has 3 aromatic carbocycles. The fraction of sp³-hybridized carbons (Fsp3) is 0.592. The molecule has 3 aromatic rings. The Balaban J connectivity index is 0.000000460. The predicted octanol–water partition coefficient (Wildman–Crippen LogP) is 13.7. The summed E-state index contributed by atoms with van der Waals surface area (Å²) in [5.74, 6) is 1.47. The van der Waals surface area contributed by atoms with Gasteiger partial charge in [0.2, 0.25) is 5.91 Å². The highest BCUT2D eigenvalue weighted by Gasteiger charge is 2.46. The molecule has 320 valence electrons. The van der Waals surface area contributed by atoms with Gasteiger partial charge < -0.3 is 20.6 Å². The summed E-state index contributed by atoms with van der Waals surface area (Å²) in [6, 6.07) is 17.6. The number of halogens is 2. The van der Waals surface area contributed by atoms with Crippen LogP contribution >= 0.6 is 0 Å². The molecule has 0 spiro atoms. The number of carbonyl (C=O) groups excluding carboxylic acids is 2. The first-order chi connectivity index (χ1) is 26.8. The molecule has 1 aliphatic rings. The maximum atomic E-state index is 13.3. The second-order valence-electron chi connectivity index (χ2n) is 16.1. The highest BCUT2D eigenvalue weighted by atomic mass is 19.3. The van der Waals surface area contributed by atoms with Gasteiger partial charge in [-0.15, -0.1) is 0 Å². The number of ketones is 1. The van der Waals surface area contributed by atoms with E-state index < -0.39 is 17.8 Å². The molecule has 0 radical (unpaired) electrons. The van der Waals surface area contributed by atoms with Crippen molar-refractivity contribution in [1.29, 1.82) is 0 Å². The molecule has 1 heterocycles. The third-order valence-electron chi connectivity index (χ3n) is 10.8. The van der Waals surface area contributed by atoms with Crippen molar-refractivity contribution >= 4 is 17.4 Å². The number of rotatable bonds is 16. The lowest BCUT2D eigenvalue weighted by Crippen LogP contribution is -2.46. The van der Waals surface area contributed by atoms with Gasteiger partial charge in [-0.1, -0.05) is 124 Å². The summed E-state index contributed by atoms with van der Waals surface area (Å²) < 4.78 is 31.5. The summed E-state index contributed by atoms with van der Waals surface area (Å²) in [7, 11) is 0. The van der Waals surface area contributed by atoms with E-state index in [1.165, 1.54) is 53.1 Å². The molecule has 1 amide bonds. The predicted molar refractivity (Wildman–Crippen MR) is 238 cm³/mol. The Hall–Kier alpha value is -3.78. The summed E-state index contributed by atoms with van der Waals surface area (Å²) in [6.45, 7) is 26.2. The number of anilines is 1. The molecule has 4 unspecified atom stereocenters. The molecule has 57 heavy (non-hydrogen) atoms. The fourth-order valence-corrected chi connectivity index (χ4v) is 6.66. The number of ether oxygens (including phenoxy) is 1. The minimum atomic E-state index is -3.28. The van der Waals surface area contributed by atoms with Crippen molar-refractivity contribution in [1.82, 2.24) is 10.6 Å². The number of para-hydroxylation sites is 1. The van der Waals surface area contributed by atoms with Gasteiger partial charge in [-0.25, -0.2) is 0 Å². The summed E-state index contributed by atoms with van der Waals surface area (Å²) >= 11 is 0. The average molecular weight is 794 g/mol. The SMILES string of the molecule is CCC(C)c1cc(C)c(-c2ccc(N)c(C)c2)c(C)c1.CCCC.CCCC1(CCC(C)CC)NC(c2ccccc2OC(C)(F)F)NC1=O.CCCCC(C)=O. The second-order valence-corrected chi connectivity index (χ2v) is 16.1. The summed E-state index contributed by atoms with van der Waals surface area (Å²) in [4.78, 5) is 23.0. The van der Waals surface area contributed by atoms with Crippen molar-refractivity contribution in [2.24, 2.45) is 5.92 Å². The number of unbranched alkanes of at least 4 members (excludes halogenated alkanes) is 2. The van der Waals surface area contributed by atoms with E-state index in [0.29, 0.717) is 36.5 Å². The van der Waals surface area contributed by atoms with Gasteiger partial charge in [0.25, 0.3) is 0 Å². The topological polar surface area (TPSA) is 93.4 Å². The first kappa shape index (κ1) is 51.2. The number of aryl methyl sites for hydroxylation is 3. The van der Waals surface area contributed by atoms with E-state index in [1.54, 1.807) is 25.1 Å². The van der Waals surface area contributed by atoms with E-state index in [4.69, 9.17) is 10.5 Å². The molecule has 1 aliphatic heterocycles. The van der Waals surface area contributed by atoms with Crippen LogP contribution in [0.25, 0.3) is 11.1 Å². The molecule has 0 aliphatic carbocycles. The molecule has 0 saturated carbocycles. The molecule has 0 bridgehead atoms. The van der Waals surface area contributed by atoms with Crippen molar-refractivity contribution < 1.29 is 23.1 Å². The van der Waals surface area contributed by atoms with E-state index in [1.807, 2.05) is 13.0 Å². The molecule has 4 rings (SSSR count). The highest BCUT2D eigenvalue weighted by molar-refractivity contribution is 5.89. The van der Waals surface area contributed by atoms with Crippen LogP contribution in [0.3, 0.4) is 0 Å². The number of benzene rings is 3. The van der Waals surface area contributed by atoms with E-state index in [9.17, 15) is 18.4 Å². The van der Waals surface area contributed by atoms with Crippen LogP contribution < -0.4 is 21.1 Å². The van der Waals surface area contributed by atoms with E-state index in [0.717, 1.165) is 56.2 Å². The molecule has 1 saturated heterocycles. The molecular formula is C49H77F2N3O3. The lowest BCUT2D eigenvalue weighted by atomic mass is 9.85. The van der Waals surface area contributed by atoms with Crippen LogP contribution in [-0.4, -0.2) is 23.3 Å². The third kappa shape index (κ3) is 17.3. The zero-order valence-electron chi connectivity index (χ0n) is 37.8. The maximum Gasteiger partial charge on any atom is 0.394 e. The van der Waals surface area contributed by atoms with E-state index in [2.05, 4.69) is 104 Å². The van der Waals surface area contributed by atoms with Crippen molar-refractivity contribution in [3.05, 3.63) is 82.4 Å². The second kappa shape index (κ2) is 25.6. The van der Waals surface area contributed by atoms with Gasteiger partial charge in [0.05, 0.1) is 5.54 Å². The molecular weight excluding hydrogens is 717 g/mol. The Morgan fingerprint density at radius 3 is 1.95 bits per heavy atom. The van der Waals surface area contributed by atoms with E-state index >= 15 is 0 Å². The van der Waals surface area contributed by atoms with Gasteiger partial charge in [0, 0.05) is 24.6 Å². The molecule has 4 N–H and O–H groups in total. The van der Waals surface area contributed by atoms with Crippen LogP contribution in [-0.2, 0) is 9.59 Å². The van der Waals surface area contributed by atoms with Crippen molar-refractivity contribution in [3.63, 3.8) is 0 Å². The van der Waals surface area contributed by atoms with Crippen LogP contribution in [0, 0.1) is 26.7 Å². The summed E-state index contributed by atoms with van der Waals surface area (Å²) in [6.07, 6.45) is 7.23. The summed E-state index contributed by atoms with van der Waals surface area (Å²) in [5, 5.41) is 6.33. The maximum absolute atomic E-state index is 13.3. The van der Waals surface area contributed by atoms with Crippen LogP contribution in [0.1, 0.15) is 180 Å². The first-order valence-electron chi connectivity index (χ1n) is 21.5. The number of nitrogens with one attached hydrogen (secondary N) is 2. The Labute approximate surface area is 345 Å². The lowest BCUT2D eigenvalue weighted by Gasteiger charge is -2.28. The van der Waals surface area contributed by atoms with Crippen molar-refractivity contribution in [3.8, 4) is 16.9 Å². The number of hydrogen-bond acceptors (Lipinski definition) is 5. The lowest BCUT2D eigenvalue weighted by molar-refractivity contribution is -0.159. The molecule has 4 atom stereocenters. The number of hydrogen-bond donors (Lipinski definition) is 3. The van der Waals surface area contributed by atoms with Crippen molar-refractivity contribution in [2.75, 3.05) is 5.73 Å². The Bertz CT molecular complexity index is 1630. The van der Waals surface area contributed by atoms with Gasteiger partial charge in [-0.3, -0.25) is 10.1 Å². The Kier molecular flexibility index (Phi) is 23.0. The van der Waals surface area contributed by atoms with Crippen LogP contribution in [0.5, 0.6) is 5.75 Å². The van der Waals surface area contributed by atoms with E-state index in [-0.39, 0.29) is 11.7 Å². The van der Waals surface area contributed by atoms with Crippen molar-refractivity contribution in [2.45, 2.75) is 184 Å². The quantitative estimate of drug-likeness (QED) is 0.126. The Morgan fingerprint density at radius 2 is 1.47 bits per heavy atom. The number of nitrogen functional groups attached to an aromatic ring is 1. The smallest absolute Gasteiger partial charge is 0.394 e. The number of Topliss-reactive ketones (excluding diaryl/α,β-unsaturated/α-hetero) is 1. The van der Waals surface area contributed by atoms with Crippen LogP contribution in [0.2, 0.25) is 0 Å². The molecule has 1 fully saturated rings. The number of nitrogens with two attached hydrogens (primary N) is 1. The highest BCUT2D eigenvalue weighted by Crippen LogP contribution is 2.36. The zero-order chi connectivity index (χ0) is 43.3. The fourth-order valence-electron chi connectivity index (χ4n) is 6.66. The van der Waals surface area contributed by atoms with Crippen LogP contribution in [0.15, 0.2) is 54.6 Å². The Morgan fingerprint density at radius 1 is 0.860 bits per heavy atom. The molecule has 0 aromatic heterocycles. The zero-order valence-corrected chi connectivity index (χ0v) is 37.8. The first-order valence-corrected chi connectivity index (χ1v) is 21.5. The monoisotopic (exact) mass is 794 g/mol. The largest absolute Gasteiger partial charge is 0.432 e. The van der Waals surface area contributed by atoms with Gasteiger partial charge >= 0.3 is 6.11 Å². The summed E-state index contributed by atoms with van der Waals surface area (Å²) in [5.41, 5.74) is 14.5.